The second-order valence-corrected chi connectivity index (χ2v) is 8.12. The molecule has 1 aliphatic heterocycles. The van der Waals surface area contributed by atoms with Crippen molar-refractivity contribution in [2.75, 3.05) is 26.1 Å². The number of rotatable bonds is 5. The zero-order valence-electron chi connectivity index (χ0n) is 17.3. The van der Waals surface area contributed by atoms with E-state index in [9.17, 15) is 4.79 Å². The molecular formula is C23H25N3O3S. The number of hydrogen-bond acceptors (Lipinski definition) is 5. The van der Waals surface area contributed by atoms with E-state index >= 15 is 0 Å². The van der Waals surface area contributed by atoms with Crippen molar-refractivity contribution >= 4 is 23.1 Å². The van der Waals surface area contributed by atoms with Gasteiger partial charge >= 0.3 is 6.03 Å². The Morgan fingerprint density at radius 2 is 1.97 bits per heavy atom. The Balaban J connectivity index is 1.50. The lowest BCUT2D eigenvalue weighted by molar-refractivity contribution is 0.206. The van der Waals surface area contributed by atoms with E-state index in [-0.39, 0.29) is 12.1 Å². The molecular weight excluding hydrogens is 398 g/mol. The van der Waals surface area contributed by atoms with Crippen LogP contribution in [0.25, 0.3) is 10.6 Å². The average Bonchev–Trinajstić information content (AvgIpc) is 3.43. The summed E-state index contributed by atoms with van der Waals surface area (Å²) < 4.78 is 10.9. The Morgan fingerprint density at radius 3 is 2.63 bits per heavy atom. The molecule has 2 aromatic carbocycles. The molecule has 2 heterocycles. The summed E-state index contributed by atoms with van der Waals surface area (Å²) in [7, 11) is 3.29. The Hall–Kier alpha value is -3.06. The molecule has 0 radical (unpaired) electrons. The third-order valence-electron chi connectivity index (χ3n) is 5.31. The highest BCUT2D eigenvalue weighted by Crippen LogP contribution is 2.39. The number of carbonyl (C=O) groups is 1. The Kier molecular flexibility index (Phi) is 5.90. The number of likely N-dealkylation sites (tertiary alicyclic amines) is 1. The van der Waals surface area contributed by atoms with Crippen molar-refractivity contribution in [1.29, 1.82) is 0 Å². The Labute approximate surface area is 180 Å². The van der Waals surface area contributed by atoms with Crippen LogP contribution in [0.5, 0.6) is 11.5 Å². The van der Waals surface area contributed by atoms with E-state index in [0.29, 0.717) is 6.54 Å². The molecule has 156 valence electrons. The number of benzene rings is 2. The van der Waals surface area contributed by atoms with Crippen LogP contribution in [0.3, 0.4) is 0 Å². The number of urea groups is 1. The lowest BCUT2D eigenvalue weighted by Crippen LogP contribution is -2.34. The minimum absolute atomic E-state index is 0.0485. The predicted molar refractivity (Wildman–Crippen MR) is 120 cm³/mol. The highest BCUT2D eigenvalue weighted by atomic mass is 32.1. The van der Waals surface area contributed by atoms with Gasteiger partial charge in [0.1, 0.15) is 16.5 Å². The van der Waals surface area contributed by atoms with Gasteiger partial charge in [0, 0.05) is 34.4 Å². The minimum atomic E-state index is -0.111. The van der Waals surface area contributed by atoms with Gasteiger partial charge in [-0.1, -0.05) is 0 Å². The maximum Gasteiger partial charge on any atom is 0.322 e. The van der Waals surface area contributed by atoms with Crippen molar-refractivity contribution in [1.82, 2.24) is 9.88 Å². The second-order valence-electron chi connectivity index (χ2n) is 7.26. The van der Waals surface area contributed by atoms with Crippen molar-refractivity contribution in [2.24, 2.45) is 0 Å². The molecule has 0 aliphatic carbocycles. The van der Waals surface area contributed by atoms with Gasteiger partial charge < -0.3 is 19.7 Å². The molecule has 30 heavy (non-hydrogen) atoms. The molecule has 1 aromatic heterocycles. The van der Waals surface area contributed by atoms with E-state index in [1.807, 2.05) is 59.7 Å². The Morgan fingerprint density at radius 1 is 1.17 bits per heavy atom. The molecule has 4 rings (SSSR count). The summed E-state index contributed by atoms with van der Waals surface area (Å²) in [4.78, 5) is 19.4. The first kappa shape index (κ1) is 20.2. The van der Waals surface area contributed by atoms with E-state index in [2.05, 4.69) is 10.3 Å². The topological polar surface area (TPSA) is 63.7 Å². The van der Waals surface area contributed by atoms with Crippen LogP contribution in [0.1, 0.15) is 30.1 Å². The first-order valence-electron chi connectivity index (χ1n) is 9.91. The molecule has 1 N–H and O–H groups in total. The lowest BCUT2D eigenvalue weighted by atomic mass is 10.0. The molecule has 1 saturated heterocycles. The summed E-state index contributed by atoms with van der Waals surface area (Å²) in [6.45, 7) is 2.69. The monoisotopic (exact) mass is 423 g/mol. The fraction of sp³-hybridized carbons (Fsp3) is 0.304. The van der Waals surface area contributed by atoms with Crippen molar-refractivity contribution < 1.29 is 14.3 Å². The Bertz CT molecular complexity index is 1030. The molecule has 1 atom stereocenters. The van der Waals surface area contributed by atoms with Crippen LogP contribution >= 0.6 is 11.3 Å². The van der Waals surface area contributed by atoms with E-state index in [1.165, 1.54) is 0 Å². The normalized spacial score (nSPS) is 15.8. The van der Waals surface area contributed by atoms with Gasteiger partial charge in [0.2, 0.25) is 0 Å². The molecule has 0 spiro atoms. The lowest BCUT2D eigenvalue weighted by Gasteiger charge is -2.27. The second kappa shape index (κ2) is 8.75. The number of nitrogens with one attached hydrogen (secondary N) is 1. The fourth-order valence-electron chi connectivity index (χ4n) is 3.81. The van der Waals surface area contributed by atoms with Crippen LogP contribution in [-0.4, -0.2) is 36.7 Å². The zero-order chi connectivity index (χ0) is 21.1. The predicted octanol–water partition coefficient (Wildman–Crippen LogP) is 5.50. The quantitative estimate of drug-likeness (QED) is 0.588. The summed E-state index contributed by atoms with van der Waals surface area (Å²) in [5.41, 5.74) is 3.80. The average molecular weight is 424 g/mol. The van der Waals surface area contributed by atoms with Crippen LogP contribution < -0.4 is 14.8 Å². The molecule has 0 bridgehead atoms. The summed E-state index contributed by atoms with van der Waals surface area (Å²) in [6, 6.07) is 13.4. The number of carbonyl (C=O) groups excluding carboxylic acids is 1. The van der Waals surface area contributed by atoms with Crippen molar-refractivity contribution in [3.63, 3.8) is 0 Å². The molecule has 3 aromatic rings. The summed E-state index contributed by atoms with van der Waals surface area (Å²) in [5, 5.41) is 6.05. The van der Waals surface area contributed by atoms with Gasteiger partial charge in [-0.25, -0.2) is 9.78 Å². The van der Waals surface area contributed by atoms with Gasteiger partial charge in [-0.2, -0.15) is 0 Å². The number of ether oxygens (including phenoxy) is 2. The molecule has 2 amide bonds. The zero-order valence-corrected chi connectivity index (χ0v) is 18.2. The van der Waals surface area contributed by atoms with Crippen LogP contribution in [0.15, 0.2) is 47.8 Å². The van der Waals surface area contributed by atoms with Crippen LogP contribution in [0.2, 0.25) is 0 Å². The number of nitrogens with zero attached hydrogens (tertiary/aromatic N) is 2. The maximum atomic E-state index is 13.0. The first-order valence-corrected chi connectivity index (χ1v) is 10.8. The molecule has 1 unspecified atom stereocenters. The maximum absolute atomic E-state index is 13.0. The third-order valence-corrected chi connectivity index (χ3v) is 6.32. The molecule has 7 heteroatoms. The van der Waals surface area contributed by atoms with Gasteiger partial charge in [-0.15, -0.1) is 11.3 Å². The van der Waals surface area contributed by atoms with E-state index in [1.54, 1.807) is 25.6 Å². The number of methoxy groups -OCH3 is 2. The SMILES string of the molecule is COc1ccc(OC)c(C2CCCN2C(=O)Nc2ccc(-c3nc(C)cs3)cc2)c1. The van der Waals surface area contributed by atoms with E-state index < -0.39 is 0 Å². The van der Waals surface area contributed by atoms with Gasteiger partial charge in [0.15, 0.2) is 0 Å². The van der Waals surface area contributed by atoms with Gasteiger partial charge in [0.05, 0.1) is 20.3 Å². The van der Waals surface area contributed by atoms with Crippen molar-refractivity contribution in [3.05, 3.63) is 59.1 Å². The first-order chi connectivity index (χ1) is 14.6. The van der Waals surface area contributed by atoms with Gasteiger partial charge in [0.25, 0.3) is 0 Å². The minimum Gasteiger partial charge on any atom is -0.497 e. The van der Waals surface area contributed by atoms with E-state index in [0.717, 1.165) is 51.9 Å². The number of aromatic nitrogens is 1. The number of amides is 2. The van der Waals surface area contributed by atoms with Gasteiger partial charge in [-0.3, -0.25) is 0 Å². The number of anilines is 1. The summed E-state index contributed by atoms with van der Waals surface area (Å²) in [5.74, 6) is 1.52. The van der Waals surface area contributed by atoms with Crippen molar-refractivity contribution in [3.8, 4) is 22.1 Å². The highest BCUT2D eigenvalue weighted by Gasteiger charge is 2.32. The summed E-state index contributed by atoms with van der Waals surface area (Å²) in [6.07, 6.45) is 1.83. The molecule has 6 nitrogen and oxygen atoms in total. The van der Waals surface area contributed by atoms with E-state index in [4.69, 9.17) is 9.47 Å². The largest absolute Gasteiger partial charge is 0.497 e. The van der Waals surface area contributed by atoms with Crippen LogP contribution in [0.4, 0.5) is 10.5 Å². The van der Waals surface area contributed by atoms with Crippen LogP contribution in [0, 0.1) is 6.92 Å². The molecule has 0 saturated carbocycles. The number of hydrogen-bond donors (Lipinski definition) is 1. The van der Waals surface area contributed by atoms with Crippen LogP contribution in [-0.2, 0) is 0 Å². The van der Waals surface area contributed by atoms with Crippen molar-refractivity contribution in [2.45, 2.75) is 25.8 Å². The summed E-state index contributed by atoms with van der Waals surface area (Å²) >= 11 is 1.62. The standard InChI is InChI=1S/C23H25N3O3S/c1-15-14-30-22(24-15)16-6-8-17(9-7-16)25-23(27)26-12-4-5-20(26)19-13-18(28-2)10-11-21(19)29-3/h6-11,13-14,20H,4-5,12H2,1-3H3,(H,25,27). The third kappa shape index (κ3) is 4.11. The fourth-order valence-corrected chi connectivity index (χ4v) is 4.61. The number of aryl methyl sites for hydroxylation is 1. The number of thiazole rings is 1. The molecule has 1 aliphatic rings. The molecule has 1 fully saturated rings. The smallest absolute Gasteiger partial charge is 0.322 e. The highest BCUT2D eigenvalue weighted by molar-refractivity contribution is 7.13. The van der Waals surface area contributed by atoms with Gasteiger partial charge in [-0.05, 0) is 62.2 Å².